The Balaban J connectivity index is 2.49. The highest BCUT2D eigenvalue weighted by molar-refractivity contribution is 7.17. The molecule has 0 radical (unpaired) electrons. The summed E-state index contributed by atoms with van der Waals surface area (Å²) in [7, 11) is 2.84. The Bertz CT molecular complexity index is 338. The zero-order valence-electron chi connectivity index (χ0n) is 10.5. The van der Waals surface area contributed by atoms with E-state index in [1.54, 1.807) is 0 Å². The molecule has 0 bridgehead atoms. The van der Waals surface area contributed by atoms with E-state index in [1.165, 1.54) is 5.56 Å². The molecule has 0 aliphatic carbocycles. The fourth-order valence-corrected chi connectivity index (χ4v) is 1.57. The molecule has 2 atom stereocenters. The lowest BCUT2D eigenvalue weighted by atomic mass is 9.96. The molecule has 88 valence electrons. The van der Waals surface area contributed by atoms with Gasteiger partial charge in [0.1, 0.15) is 0 Å². The van der Waals surface area contributed by atoms with Crippen molar-refractivity contribution in [2.45, 2.75) is 33.0 Å². The maximum Gasteiger partial charge on any atom is 0.0447 e. The van der Waals surface area contributed by atoms with E-state index in [4.69, 9.17) is 0 Å². The zero-order chi connectivity index (χ0) is 12.2. The monoisotopic (exact) mass is 235 g/mol. The minimum atomic E-state index is 0.226. The van der Waals surface area contributed by atoms with Crippen LogP contribution >= 0.6 is 9.24 Å². The second-order valence-electron chi connectivity index (χ2n) is 5.25. The SMILES string of the molecule is C=C(Cc1ccccc1)NC(P)C(C)(C)C. The maximum atomic E-state index is 4.08. The molecule has 0 spiro atoms. The van der Waals surface area contributed by atoms with Crippen molar-refractivity contribution in [2.24, 2.45) is 5.41 Å². The first-order valence-corrected chi connectivity index (χ1v) is 6.30. The average molecular weight is 235 g/mol. The van der Waals surface area contributed by atoms with Gasteiger partial charge in [-0.2, -0.15) is 0 Å². The Morgan fingerprint density at radius 1 is 1.31 bits per heavy atom. The van der Waals surface area contributed by atoms with Gasteiger partial charge in [0.2, 0.25) is 0 Å². The van der Waals surface area contributed by atoms with E-state index in [0.29, 0.717) is 5.78 Å². The van der Waals surface area contributed by atoms with Gasteiger partial charge in [0.05, 0.1) is 0 Å². The molecule has 1 N–H and O–H groups in total. The number of allylic oxidation sites excluding steroid dienone is 1. The lowest BCUT2D eigenvalue weighted by Gasteiger charge is -2.29. The summed E-state index contributed by atoms with van der Waals surface area (Å²) in [5, 5.41) is 3.44. The lowest BCUT2D eigenvalue weighted by molar-refractivity contribution is 0.365. The van der Waals surface area contributed by atoms with E-state index < -0.39 is 0 Å². The van der Waals surface area contributed by atoms with Gasteiger partial charge in [-0.15, -0.1) is 9.24 Å². The molecule has 2 heteroatoms. The molecule has 1 rings (SSSR count). The van der Waals surface area contributed by atoms with E-state index in [9.17, 15) is 0 Å². The second-order valence-corrected chi connectivity index (χ2v) is 5.92. The number of rotatable bonds is 4. The molecular weight excluding hydrogens is 213 g/mol. The van der Waals surface area contributed by atoms with Crippen molar-refractivity contribution in [3.63, 3.8) is 0 Å². The first-order chi connectivity index (χ1) is 7.39. The Labute approximate surface area is 102 Å². The number of hydrogen-bond donors (Lipinski definition) is 1. The van der Waals surface area contributed by atoms with Crippen LogP contribution in [0.4, 0.5) is 0 Å². The van der Waals surface area contributed by atoms with Crippen molar-refractivity contribution in [3.05, 3.63) is 48.2 Å². The standard InChI is InChI=1S/C14H22NP/c1-11(15-13(16)14(2,3)4)10-12-8-6-5-7-9-12/h5-9,13,15H,1,10,16H2,2-4H3. The van der Waals surface area contributed by atoms with Crippen molar-refractivity contribution in [3.8, 4) is 0 Å². The van der Waals surface area contributed by atoms with Gasteiger partial charge in [-0.1, -0.05) is 57.7 Å². The van der Waals surface area contributed by atoms with Crippen LogP contribution in [0.15, 0.2) is 42.6 Å². The first-order valence-electron chi connectivity index (χ1n) is 5.63. The smallest absolute Gasteiger partial charge is 0.0447 e. The summed E-state index contributed by atoms with van der Waals surface area (Å²) in [6.07, 6.45) is 0.891. The predicted octanol–water partition coefficient (Wildman–Crippen LogP) is 3.58. The van der Waals surface area contributed by atoms with Gasteiger partial charge in [0.15, 0.2) is 0 Å². The van der Waals surface area contributed by atoms with E-state index in [-0.39, 0.29) is 5.41 Å². The Morgan fingerprint density at radius 2 is 1.88 bits per heavy atom. The molecule has 0 aromatic heterocycles. The third kappa shape index (κ3) is 4.37. The van der Waals surface area contributed by atoms with Crippen molar-refractivity contribution < 1.29 is 0 Å². The normalized spacial score (nSPS) is 13.2. The fraction of sp³-hybridized carbons (Fsp3) is 0.429. The highest BCUT2D eigenvalue weighted by Crippen LogP contribution is 2.24. The molecule has 16 heavy (non-hydrogen) atoms. The molecule has 1 aromatic rings. The number of hydrogen-bond acceptors (Lipinski definition) is 1. The zero-order valence-corrected chi connectivity index (χ0v) is 11.6. The summed E-state index contributed by atoms with van der Waals surface area (Å²) >= 11 is 0. The minimum absolute atomic E-state index is 0.226. The molecule has 1 aromatic carbocycles. The van der Waals surface area contributed by atoms with Crippen molar-refractivity contribution in [2.75, 3.05) is 0 Å². The summed E-state index contributed by atoms with van der Waals surface area (Å²) < 4.78 is 0. The molecule has 0 heterocycles. The van der Waals surface area contributed by atoms with Gasteiger partial charge in [0, 0.05) is 17.9 Å². The topological polar surface area (TPSA) is 12.0 Å². The Hall–Kier alpha value is -0.810. The van der Waals surface area contributed by atoms with Crippen LogP contribution < -0.4 is 5.32 Å². The second kappa shape index (κ2) is 5.50. The predicted molar refractivity (Wildman–Crippen MR) is 75.4 cm³/mol. The molecule has 0 amide bonds. The van der Waals surface area contributed by atoms with Crippen molar-refractivity contribution in [1.82, 2.24) is 5.32 Å². The summed E-state index contributed by atoms with van der Waals surface area (Å²) in [5.74, 6) is 0.351. The third-order valence-electron chi connectivity index (χ3n) is 2.55. The van der Waals surface area contributed by atoms with Gasteiger partial charge in [0.25, 0.3) is 0 Å². The van der Waals surface area contributed by atoms with Crippen LogP contribution in [0.3, 0.4) is 0 Å². The van der Waals surface area contributed by atoms with E-state index >= 15 is 0 Å². The van der Waals surface area contributed by atoms with Gasteiger partial charge >= 0.3 is 0 Å². The molecule has 2 unspecified atom stereocenters. The molecule has 0 aliphatic rings. The van der Waals surface area contributed by atoms with Crippen LogP contribution in [-0.4, -0.2) is 5.78 Å². The highest BCUT2D eigenvalue weighted by Gasteiger charge is 2.19. The third-order valence-corrected chi connectivity index (χ3v) is 3.72. The van der Waals surface area contributed by atoms with E-state index in [1.807, 2.05) is 6.07 Å². The van der Waals surface area contributed by atoms with Gasteiger partial charge in [-0.05, 0) is 11.0 Å². The van der Waals surface area contributed by atoms with Gasteiger partial charge in [-0.3, -0.25) is 0 Å². The summed E-state index contributed by atoms with van der Waals surface area (Å²) in [6, 6.07) is 10.4. The highest BCUT2D eigenvalue weighted by atomic mass is 31.0. The first kappa shape index (κ1) is 13.3. The quantitative estimate of drug-likeness (QED) is 0.786. The average Bonchev–Trinajstić information content (AvgIpc) is 2.17. The number of benzene rings is 1. The van der Waals surface area contributed by atoms with Crippen LogP contribution in [0.5, 0.6) is 0 Å². The maximum absolute atomic E-state index is 4.08. The van der Waals surface area contributed by atoms with Crippen molar-refractivity contribution in [1.29, 1.82) is 0 Å². The van der Waals surface area contributed by atoms with Crippen LogP contribution in [0, 0.1) is 5.41 Å². The van der Waals surface area contributed by atoms with Crippen LogP contribution in [-0.2, 0) is 6.42 Å². The van der Waals surface area contributed by atoms with Crippen LogP contribution in [0.2, 0.25) is 0 Å². The summed E-state index contributed by atoms with van der Waals surface area (Å²) in [5.41, 5.74) is 2.59. The minimum Gasteiger partial charge on any atom is -0.382 e. The lowest BCUT2D eigenvalue weighted by Crippen LogP contribution is -2.34. The molecule has 1 nitrogen and oxygen atoms in total. The van der Waals surface area contributed by atoms with Crippen molar-refractivity contribution >= 4 is 9.24 Å². The molecule has 0 aliphatic heterocycles. The molecule has 0 saturated heterocycles. The van der Waals surface area contributed by atoms with Gasteiger partial charge < -0.3 is 5.32 Å². The molecular formula is C14H22NP. The van der Waals surface area contributed by atoms with E-state index in [0.717, 1.165) is 12.1 Å². The van der Waals surface area contributed by atoms with Gasteiger partial charge in [-0.25, -0.2) is 0 Å². The molecule has 0 fully saturated rings. The molecule has 0 saturated carbocycles. The number of nitrogens with one attached hydrogen (secondary N) is 1. The Kier molecular flexibility index (Phi) is 4.56. The Morgan fingerprint density at radius 3 is 2.38 bits per heavy atom. The summed E-state index contributed by atoms with van der Waals surface area (Å²) in [4.78, 5) is 0. The fourth-order valence-electron chi connectivity index (χ4n) is 1.33. The largest absolute Gasteiger partial charge is 0.382 e. The van der Waals surface area contributed by atoms with Crippen LogP contribution in [0.1, 0.15) is 26.3 Å². The summed E-state index contributed by atoms with van der Waals surface area (Å²) in [6.45, 7) is 10.7. The van der Waals surface area contributed by atoms with E-state index in [2.05, 4.69) is 66.2 Å². The van der Waals surface area contributed by atoms with Crippen LogP contribution in [0.25, 0.3) is 0 Å².